The van der Waals surface area contributed by atoms with Gasteiger partial charge in [0.2, 0.25) is 15.9 Å². The number of aryl methyl sites for hydroxylation is 1. The quantitative estimate of drug-likeness (QED) is 0.851. The van der Waals surface area contributed by atoms with Gasteiger partial charge in [0.25, 0.3) is 0 Å². The van der Waals surface area contributed by atoms with Crippen LogP contribution >= 0.6 is 15.9 Å². The summed E-state index contributed by atoms with van der Waals surface area (Å²) in [6.45, 7) is 1.80. The third-order valence-corrected chi connectivity index (χ3v) is 3.95. The first-order chi connectivity index (χ1) is 9.12. The smallest absolute Gasteiger partial charge is 0.241 e. The van der Waals surface area contributed by atoms with E-state index < -0.39 is 10.0 Å². The molecule has 0 aromatic heterocycles. The first kappa shape index (κ1) is 16.9. The van der Waals surface area contributed by atoms with Gasteiger partial charge >= 0.3 is 0 Å². The molecule has 1 amide bonds. The van der Waals surface area contributed by atoms with Crippen LogP contribution in [0.3, 0.4) is 0 Å². The molecule has 1 aromatic carbocycles. The molecule has 0 unspecified atom stereocenters. The molecular weight excluding hydrogens is 348 g/mol. The van der Waals surface area contributed by atoms with Gasteiger partial charge in [0, 0.05) is 18.6 Å². The standard InChI is InChI=1S/C12H17BrN2O4S/c1-8-6-9(13)7-10(20(14,17)18)12(8)19-5-4-11(16)15(2)3/h6-7H,4-5H2,1-3H3,(H2,14,17,18). The molecule has 0 bridgehead atoms. The molecule has 2 N–H and O–H groups in total. The summed E-state index contributed by atoms with van der Waals surface area (Å²) in [5.74, 6) is 0.0826. The molecule has 0 spiro atoms. The Morgan fingerprint density at radius 3 is 2.50 bits per heavy atom. The first-order valence-electron chi connectivity index (χ1n) is 5.79. The number of rotatable bonds is 5. The van der Waals surface area contributed by atoms with Crippen molar-refractivity contribution in [3.8, 4) is 5.75 Å². The van der Waals surface area contributed by atoms with E-state index in [1.54, 1.807) is 27.1 Å². The lowest BCUT2D eigenvalue weighted by Crippen LogP contribution is -2.23. The summed E-state index contributed by atoms with van der Waals surface area (Å²) in [4.78, 5) is 12.8. The van der Waals surface area contributed by atoms with Gasteiger partial charge in [-0.3, -0.25) is 4.79 Å². The lowest BCUT2D eigenvalue weighted by atomic mass is 10.2. The number of amides is 1. The van der Waals surface area contributed by atoms with Crippen LogP contribution in [0.15, 0.2) is 21.5 Å². The van der Waals surface area contributed by atoms with E-state index in [1.165, 1.54) is 11.0 Å². The Morgan fingerprint density at radius 2 is 2.00 bits per heavy atom. The van der Waals surface area contributed by atoms with Crippen LogP contribution < -0.4 is 9.88 Å². The normalized spacial score (nSPS) is 11.2. The third kappa shape index (κ3) is 4.46. The zero-order chi connectivity index (χ0) is 15.5. The molecule has 0 fully saturated rings. The van der Waals surface area contributed by atoms with E-state index >= 15 is 0 Å². The molecule has 0 aliphatic rings. The summed E-state index contributed by atoms with van der Waals surface area (Å²) in [6.07, 6.45) is 0.159. The number of halogens is 1. The number of benzene rings is 1. The van der Waals surface area contributed by atoms with Crippen LogP contribution in [-0.2, 0) is 14.8 Å². The van der Waals surface area contributed by atoms with Crippen molar-refractivity contribution in [1.82, 2.24) is 4.90 Å². The molecule has 1 aromatic rings. The summed E-state index contributed by atoms with van der Waals surface area (Å²) < 4.78 is 29.2. The maximum atomic E-state index is 11.6. The second-order valence-electron chi connectivity index (χ2n) is 4.48. The van der Waals surface area contributed by atoms with E-state index in [1.807, 2.05) is 0 Å². The fraction of sp³-hybridized carbons (Fsp3) is 0.417. The van der Waals surface area contributed by atoms with Crippen molar-refractivity contribution in [3.63, 3.8) is 0 Å². The van der Waals surface area contributed by atoms with Crippen LogP contribution in [-0.4, -0.2) is 39.9 Å². The number of nitrogens with zero attached hydrogens (tertiary/aromatic N) is 1. The fourth-order valence-electron chi connectivity index (χ4n) is 1.56. The van der Waals surface area contributed by atoms with Gasteiger partial charge < -0.3 is 9.64 Å². The van der Waals surface area contributed by atoms with Crippen LogP contribution in [0, 0.1) is 6.92 Å². The van der Waals surface area contributed by atoms with Gasteiger partial charge in [-0.2, -0.15) is 0 Å². The number of carbonyl (C=O) groups excluding carboxylic acids is 1. The Bertz CT molecular complexity index is 614. The van der Waals surface area contributed by atoms with E-state index in [0.29, 0.717) is 10.0 Å². The van der Waals surface area contributed by atoms with Crippen molar-refractivity contribution in [1.29, 1.82) is 0 Å². The molecule has 20 heavy (non-hydrogen) atoms. The summed E-state index contributed by atoms with van der Waals surface area (Å²) in [5.41, 5.74) is 0.626. The number of primary sulfonamides is 1. The van der Waals surface area contributed by atoms with E-state index in [9.17, 15) is 13.2 Å². The average molecular weight is 365 g/mol. The molecular formula is C12H17BrN2O4S. The molecule has 0 atom stereocenters. The van der Waals surface area contributed by atoms with Crippen molar-refractivity contribution in [2.45, 2.75) is 18.2 Å². The zero-order valence-corrected chi connectivity index (χ0v) is 13.9. The van der Waals surface area contributed by atoms with Gasteiger partial charge in [0.05, 0.1) is 13.0 Å². The highest BCUT2D eigenvalue weighted by Crippen LogP contribution is 2.31. The average Bonchev–Trinajstić information content (AvgIpc) is 2.29. The van der Waals surface area contributed by atoms with Gasteiger partial charge in [0.15, 0.2) is 0 Å². The second kappa shape index (κ2) is 6.55. The minimum Gasteiger partial charge on any atom is -0.491 e. The van der Waals surface area contributed by atoms with Crippen molar-refractivity contribution in [3.05, 3.63) is 22.2 Å². The predicted octanol–water partition coefficient (Wildman–Crippen LogP) is 1.26. The fourth-order valence-corrected chi connectivity index (χ4v) is 3.05. The van der Waals surface area contributed by atoms with Crippen molar-refractivity contribution >= 4 is 31.9 Å². The number of nitrogens with two attached hydrogens (primary N) is 1. The van der Waals surface area contributed by atoms with Crippen molar-refractivity contribution in [2.75, 3.05) is 20.7 Å². The van der Waals surface area contributed by atoms with Gasteiger partial charge in [0.1, 0.15) is 10.6 Å². The minimum atomic E-state index is -3.90. The monoisotopic (exact) mass is 364 g/mol. The summed E-state index contributed by atoms with van der Waals surface area (Å²) >= 11 is 3.21. The topological polar surface area (TPSA) is 89.7 Å². The largest absolute Gasteiger partial charge is 0.491 e. The summed E-state index contributed by atoms with van der Waals surface area (Å²) in [7, 11) is -0.612. The Labute approximate surface area is 127 Å². The molecule has 6 nitrogen and oxygen atoms in total. The number of hydrogen-bond donors (Lipinski definition) is 1. The highest BCUT2D eigenvalue weighted by molar-refractivity contribution is 9.10. The lowest BCUT2D eigenvalue weighted by Gasteiger charge is -2.15. The maximum absolute atomic E-state index is 11.6. The first-order valence-corrected chi connectivity index (χ1v) is 8.12. The maximum Gasteiger partial charge on any atom is 0.241 e. The molecule has 112 valence electrons. The zero-order valence-electron chi connectivity index (χ0n) is 11.5. The highest BCUT2D eigenvalue weighted by atomic mass is 79.9. The van der Waals surface area contributed by atoms with Gasteiger partial charge in [-0.25, -0.2) is 13.6 Å². The van der Waals surface area contributed by atoms with E-state index in [0.717, 1.165) is 0 Å². The number of carbonyl (C=O) groups is 1. The Morgan fingerprint density at radius 1 is 1.40 bits per heavy atom. The van der Waals surface area contributed by atoms with E-state index in [4.69, 9.17) is 9.88 Å². The molecule has 0 radical (unpaired) electrons. The van der Waals surface area contributed by atoms with Crippen LogP contribution in [0.1, 0.15) is 12.0 Å². The second-order valence-corrected chi connectivity index (χ2v) is 6.93. The Balaban J connectivity index is 2.98. The molecule has 1 rings (SSSR count). The van der Waals surface area contributed by atoms with Crippen molar-refractivity contribution in [2.24, 2.45) is 5.14 Å². The molecule has 0 aliphatic heterocycles. The van der Waals surface area contributed by atoms with E-state index in [-0.39, 0.29) is 29.6 Å². The number of hydrogen-bond acceptors (Lipinski definition) is 4. The SMILES string of the molecule is Cc1cc(Br)cc(S(N)(=O)=O)c1OCCC(=O)N(C)C. The van der Waals surface area contributed by atoms with Gasteiger partial charge in [-0.05, 0) is 24.6 Å². The molecule has 0 saturated heterocycles. The van der Waals surface area contributed by atoms with Crippen LogP contribution in [0.25, 0.3) is 0 Å². The number of ether oxygens (including phenoxy) is 1. The van der Waals surface area contributed by atoms with E-state index in [2.05, 4.69) is 15.9 Å². The predicted molar refractivity (Wildman–Crippen MR) is 79.1 cm³/mol. The minimum absolute atomic E-state index is 0.0853. The van der Waals surface area contributed by atoms with Crippen molar-refractivity contribution < 1.29 is 17.9 Å². The molecule has 0 saturated carbocycles. The molecule has 8 heteroatoms. The number of sulfonamides is 1. The lowest BCUT2D eigenvalue weighted by molar-refractivity contribution is -0.129. The molecule has 0 aliphatic carbocycles. The highest BCUT2D eigenvalue weighted by Gasteiger charge is 2.19. The van der Waals surface area contributed by atoms with Gasteiger partial charge in [-0.1, -0.05) is 15.9 Å². The summed E-state index contributed by atoms with van der Waals surface area (Å²) in [5, 5.41) is 5.17. The molecule has 0 heterocycles. The Kier molecular flexibility index (Phi) is 5.55. The third-order valence-electron chi connectivity index (χ3n) is 2.57. The van der Waals surface area contributed by atoms with Crippen LogP contribution in [0.5, 0.6) is 5.75 Å². The summed E-state index contributed by atoms with van der Waals surface area (Å²) in [6, 6.07) is 3.10. The van der Waals surface area contributed by atoms with Gasteiger partial charge in [-0.15, -0.1) is 0 Å². The Hall–Kier alpha value is -1.12. The van der Waals surface area contributed by atoms with Crippen LogP contribution in [0.4, 0.5) is 0 Å². The van der Waals surface area contributed by atoms with Crippen LogP contribution in [0.2, 0.25) is 0 Å².